The van der Waals surface area contributed by atoms with Gasteiger partial charge in [0.2, 0.25) is 0 Å². The molecule has 6 nitrogen and oxygen atoms in total. The van der Waals surface area contributed by atoms with E-state index in [9.17, 15) is 13.6 Å². The highest BCUT2D eigenvalue weighted by molar-refractivity contribution is 7.97. The highest BCUT2D eigenvalue weighted by atomic mass is 32.2. The molecule has 9 heteroatoms. The van der Waals surface area contributed by atoms with Crippen molar-refractivity contribution in [3.05, 3.63) is 69.7 Å². The lowest BCUT2D eigenvalue weighted by molar-refractivity contribution is 0.0733. The zero-order valence-electron chi connectivity index (χ0n) is 16.5. The molecule has 0 aliphatic carbocycles. The third kappa shape index (κ3) is 4.79. The van der Waals surface area contributed by atoms with Crippen molar-refractivity contribution < 1.29 is 13.5 Å². The van der Waals surface area contributed by atoms with Crippen LogP contribution in [0.5, 0.6) is 5.75 Å². The molecule has 2 heterocycles. The Balaban J connectivity index is 1.99. The largest absolute Gasteiger partial charge is 0.445 e. The number of hydrogen-bond acceptors (Lipinski definition) is 6. The van der Waals surface area contributed by atoms with Crippen molar-refractivity contribution in [3.63, 3.8) is 0 Å². The Kier molecular flexibility index (Phi) is 5.97. The van der Waals surface area contributed by atoms with E-state index in [2.05, 4.69) is 15.0 Å². The minimum Gasteiger partial charge on any atom is -0.445 e. The van der Waals surface area contributed by atoms with Crippen molar-refractivity contribution in [1.29, 1.82) is 0 Å². The number of rotatable bonds is 5. The van der Waals surface area contributed by atoms with Crippen LogP contribution in [0.3, 0.4) is 0 Å². The fourth-order valence-electron chi connectivity index (χ4n) is 2.91. The highest BCUT2D eigenvalue weighted by Crippen LogP contribution is 2.27. The molecule has 1 aliphatic rings. The van der Waals surface area contributed by atoms with Gasteiger partial charge in [0.25, 0.3) is 11.4 Å². The molecule has 154 valence electrons. The second kappa shape index (κ2) is 8.28. The summed E-state index contributed by atoms with van der Waals surface area (Å²) in [7, 11) is 1.67. The summed E-state index contributed by atoms with van der Waals surface area (Å²) in [6.07, 6.45) is 3.48. The summed E-state index contributed by atoms with van der Waals surface area (Å²) in [5.41, 5.74) is 1.88. The van der Waals surface area contributed by atoms with Crippen molar-refractivity contribution >= 4 is 23.5 Å². The van der Waals surface area contributed by atoms with Gasteiger partial charge in [-0.1, -0.05) is 18.9 Å². The molecule has 0 amide bonds. The van der Waals surface area contributed by atoms with Gasteiger partial charge in [-0.25, -0.2) is 13.8 Å². The van der Waals surface area contributed by atoms with Crippen LogP contribution in [0.25, 0.3) is 5.70 Å². The fourth-order valence-corrected chi connectivity index (χ4v) is 3.31. The molecule has 1 atom stereocenters. The normalized spacial score (nSPS) is 18.6. The van der Waals surface area contributed by atoms with Gasteiger partial charge >= 0.3 is 0 Å². The molecule has 1 aromatic carbocycles. The molecule has 0 fully saturated rings. The smallest absolute Gasteiger partial charge is 0.278 e. The van der Waals surface area contributed by atoms with Gasteiger partial charge in [0.1, 0.15) is 11.7 Å². The van der Waals surface area contributed by atoms with Crippen molar-refractivity contribution in [2.45, 2.75) is 26.6 Å². The Morgan fingerprint density at radius 2 is 2.10 bits per heavy atom. The maximum Gasteiger partial charge on any atom is 0.278 e. The average Bonchev–Trinajstić information content (AvgIpc) is 2.66. The lowest BCUT2D eigenvalue weighted by Crippen LogP contribution is -2.49. The second-order valence-electron chi connectivity index (χ2n) is 6.70. The number of nitrogens with zero attached hydrogens (tertiary/aromatic N) is 2. The maximum atomic E-state index is 14.1. The van der Waals surface area contributed by atoms with Crippen LogP contribution in [0.1, 0.15) is 25.0 Å². The molecule has 29 heavy (non-hydrogen) atoms. The lowest BCUT2D eigenvalue weighted by Gasteiger charge is -2.33. The molecule has 0 spiro atoms. The number of aliphatic imine (C=N–C) groups is 1. The number of aryl methyl sites for hydroxylation is 2. The summed E-state index contributed by atoms with van der Waals surface area (Å²) in [6.45, 7) is 5.36. The number of hydrogen-bond donors (Lipinski definition) is 2. The van der Waals surface area contributed by atoms with E-state index in [0.717, 1.165) is 23.4 Å². The third-order valence-corrected chi connectivity index (χ3v) is 4.82. The van der Waals surface area contributed by atoms with E-state index in [1.807, 2.05) is 6.92 Å². The van der Waals surface area contributed by atoms with E-state index in [1.54, 1.807) is 39.2 Å². The predicted octanol–water partition coefficient (Wildman–Crippen LogP) is 3.32. The monoisotopic (exact) mass is 420 g/mol. The van der Waals surface area contributed by atoms with E-state index < -0.39 is 17.5 Å². The molecule has 2 N–H and O–H groups in total. The molecule has 3 rings (SSSR count). The molecule has 0 saturated heterocycles. The number of halogens is 2. The van der Waals surface area contributed by atoms with Crippen LogP contribution in [0.4, 0.5) is 8.78 Å². The van der Waals surface area contributed by atoms with Crippen molar-refractivity contribution in [2.75, 3.05) is 5.75 Å². The van der Waals surface area contributed by atoms with Crippen LogP contribution in [0.15, 0.2) is 46.3 Å². The first kappa shape index (κ1) is 20.9. The summed E-state index contributed by atoms with van der Waals surface area (Å²) >= 11 is 1.45. The van der Waals surface area contributed by atoms with E-state index in [-0.39, 0.29) is 11.3 Å². The van der Waals surface area contributed by atoms with Crippen molar-refractivity contribution in [3.8, 4) is 5.75 Å². The van der Waals surface area contributed by atoms with Gasteiger partial charge in [-0.3, -0.25) is 4.79 Å². The zero-order chi connectivity index (χ0) is 21.2. The third-order valence-electron chi connectivity index (χ3n) is 4.18. The molecule has 0 saturated carbocycles. The van der Waals surface area contributed by atoms with Gasteiger partial charge in [-0.2, -0.15) is 0 Å². The van der Waals surface area contributed by atoms with E-state index in [0.29, 0.717) is 17.1 Å². The standard InChI is InChI=1S/C20H22F2N4O2S/c1-5-29-25-18-10-16(13-8-12(2)19(27)26(4)11-13)23-20(3,24-18)28-17-7-6-14(21)9-15(17)22/h6-11,23H,5H2,1-4H3,(H,24,25). The first-order valence-corrected chi connectivity index (χ1v) is 9.98. The fraction of sp³-hybridized carbons (Fsp3) is 0.300. The van der Waals surface area contributed by atoms with Gasteiger partial charge in [0, 0.05) is 49.2 Å². The highest BCUT2D eigenvalue weighted by Gasteiger charge is 2.32. The van der Waals surface area contributed by atoms with Crippen LogP contribution < -0.4 is 20.3 Å². The first-order valence-electron chi connectivity index (χ1n) is 9.00. The molecule has 2 aromatic rings. The number of benzene rings is 1. The van der Waals surface area contributed by atoms with Crippen molar-refractivity contribution in [2.24, 2.45) is 12.0 Å². The molecule has 0 bridgehead atoms. The minimum atomic E-state index is -1.36. The topological polar surface area (TPSA) is 67.7 Å². The van der Waals surface area contributed by atoms with Gasteiger partial charge in [0.05, 0.1) is 5.70 Å². The average molecular weight is 420 g/mol. The zero-order valence-corrected chi connectivity index (χ0v) is 17.4. The minimum absolute atomic E-state index is 0.0916. The van der Waals surface area contributed by atoms with Crippen LogP contribution >= 0.6 is 11.9 Å². The molecular formula is C20H22F2N4O2S. The molecular weight excluding hydrogens is 398 g/mol. The molecule has 1 aromatic heterocycles. The summed E-state index contributed by atoms with van der Waals surface area (Å²) in [4.78, 5) is 16.5. The van der Waals surface area contributed by atoms with E-state index in [1.165, 1.54) is 22.6 Å². The summed E-state index contributed by atoms with van der Waals surface area (Å²) in [5, 5.41) is 3.14. The van der Waals surface area contributed by atoms with Gasteiger partial charge in [-0.05, 0) is 25.1 Å². The number of nitrogens with one attached hydrogen (secondary N) is 2. The Morgan fingerprint density at radius 1 is 1.34 bits per heavy atom. The number of amidine groups is 1. The van der Waals surface area contributed by atoms with Crippen LogP contribution in [-0.4, -0.2) is 22.0 Å². The quantitative estimate of drug-likeness (QED) is 0.727. The first-order chi connectivity index (χ1) is 13.7. The van der Waals surface area contributed by atoms with Gasteiger partial charge in [0.15, 0.2) is 11.6 Å². The molecule has 0 radical (unpaired) electrons. The SMILES string of the molecule is CCSNC1=NC(C)(Oc2ccc(F)cc2F)NC(c2cc(C)c(=O)n(C)c2)=C1. The summed E-state index contributed by atoms with van der Waals surface area (Å²) in [6, 6.07) is 4.85. The predicted molar refractivity (Wildman–Crippen MR) is 112 cm³/mol. The number of aromatic nitrogens is 1. The maximum absolute atomic E-state index is 14.1. The van der Waals surface area contributed by atoms with Crippen LogP contribution in [0.2, 0.25) is 0 Å². The van der Waals surface area contributed by atoms with E-state index >= 15 is 0 Å². The van der Waals surface area contributed by atoms with E-state index in [4.69, 9.17) is 4.74 Å². The lowest BCUT2D eigenvalue weighted by atomic mass is 10.1. The van der Waals surface area contributed by atoms with Gasteiger partial charge < -0.3 is 19.3 Å². The molecule has 1 unspecified atom stereocenters. The Hall–Kier alpha value is -2.81. The number of ether oxygens (including phenoxy) is 1. The van der Waals surface area contributed by atoms with Crippen molar-refractivity contribution in [1.82, 2.24) is 14.6 Å². The second-order valence-corrected chi connectivity index (χ2v) is 7.77. The molecule has 1 aliphatic heterocycles. The number of pyridine rings is 1. The Labute approximate surface area is 171 Å². The van der Waals surface area contributed by atoms with Crippen LogP contribution in [-0.2, 0) is 7.05 Å². The Morgan fingerprint density at radius 3 is 2.76 bits per heavy atom. The summed E-state index contributed by atoms with van der Waals surface area (Å²) in [5.74, 6) is -1.69. The Bertz CT molecular complexity index is 1030. The summed E-state index contributed by atoms with van der Waals surface area (Å²) < 4.78 is 37.7. The van der Waals surface area contributed by atoms with Gasteiger partial charge in [-0.15, -0.1) is 0 Å². The van der Waals surface area contributed by atoms with Crippen LogP contribution in [0, 0.1) is 18.6 Å².